The number of ether oxygens (including phenoxy) is 1. The van der Waals surface area contributed by atoms with Crippen molar-refractivity contribution in [1.29, 1.82) is 0 Å². The Balaban J connectivity index is 1.78. The molecule has 0 aromatic heterocycles. The van der Waals surface area contributed by atoms with E-state index >= 15 is 0 Å². The van der Waals surface area contributed by atoms with Gasteiger partial charge in [-0.25, -0.2) is 0 Å². The monoisotopic (exact) mass is 310 g/mol. The maximum absolute atomic E-state index is 12.0. The molecule has 2 rings (SSSR count). The smallest absolute Gasteiger partial charge is 0.296 e. The van der Waals surface area contributed by atoms with Gasteiger partial charge in [-0.1, -0.05) is 24.8 Å². The van der Waals surface area contributed by atoms with Gasteiger partial charge in [-0.3, -0.25) is 4.18 Å². The first-order chi connectivity index (χ1) is 10.1. The van der Waals surface area contributed by atoms with Gasteiger partial charge in [0.25, 0.3) is 10.1 Å². The first-order valence-electron chi connectivity index (χ1n) is 7.29. The van der Waals surface area contributed by atoms with E-state index in [9.17, 15) is 8.42 Å². The molecule has 1 aromatic carbocycles. The average Bonchev–Trinajstić information content (AvgIpc) is 2.53. The summed E-state index contributed by atoms with van der Waals surface area (Å²) in [7, 11) is -3.63. The van der Waals surface area contributed by atoms with Crippen LogP contribution in [0.3, 0.4) is 0 Å². The molecule has 0 radical (unpaired) electrons. The van der Waals surface area contributed by atoms with Crippen LogP contribution < -0.4 is 0 Å². The fourth-order valence-electron chi connectivity index (χ4n) is 2.61. The predicted octanol–water partition coefficient (Wildman–Crippen LogP) is 3.36. The molecule has 21 heavy (non-hydrogen) atoms. The number of hydrogen-bond donors (Lipinski definition) is 0. The van der Waals surface area contributed by atoms with E-state index in [4.69, 9.17) is 8.92 Å². The van der Waals surface area contributed by atoms with Crippen LogP contribution in [-0.2, 0) is 19.0 Å². The number of hydrogen-bond acceptors (Lipinski definition) is 4. The van der Waals surface area contributed by atoms with E-state index in [1.54, 1.807) is 30.3 Å². The number of rotatable bonds is 7. The van der Waals surface area contributed by atoms with E-state index in [0.717, 1.165) is 25.7 Å². The molecule has 0 saturated heterocycles. The van der Waals surface area contributed by atoms with E-state index in [1.165, 1.54) is 6.26 Å². The molecule has 5 heteroatoms. The van der Waals surface area contributed by atoms with Gasteiger partial charge in [0, 0.05) is 0 Å². The highest BCUT2D eigenvalue weighted by Crippen LogP contribution is 2.29. The van der Waals surface area contributed by atoms with Gasteiger partial charge in [0.15, 0.2) is 0 Å². The second kappa shape index (κ2) is 7.61. The van der Waals surface area contributed by atoms with Crippen molar-refractivity contribution in [2.24, 2.45) is 11.8 Å². The summed E-state index contributed by atoms with van der Waals surface area (Å²) in [5, 5.41) is 0. The van der Waals surface area contributed by atoms with Crippen LogP contribution >= 0.6 is 0 Å². The van der Waals surface area contributed by atoms with Crippen LogP contribution in [0.5, 0.6) is 0 Å². The third-order valence-corrected chi connectivity index (χ3v) is 5.20. The van der Waals surface area contributed by atoms with Gasteiger partial charge in [-0.2, -0.15) is 8.42 Å². The molecule has 0 heterocycles. The summed E-state index contributed by atoms with van der Waals surface area (Å²) < 4.78 is 34.5. The Bertz CT molecular complexity index is 531. The highest BCUT2D eigenvalue weighted by atomic mass is 32.2. The highest BCUT2D eigenvalue weighted by Gasteiger charge is 2.24. The molecule has 1 fully saturated rings. The van der Waals surface area contributed by atoms with E-state index in [1.807, 2.05) is 0 Å². The quantitative estimate of drug-likeness (QED) is 0.572. The molecule has 0 aliphatic heterocycles. The molecule has 1 aliphatic rings. The maximum atomic E-state index is 12.0. The first kappa shape index (κ1) is 16.0. The molecular formula is C16H22O4S. The van der Waals surface area contributed by atoms with Crippen LogP contribution in [0.1, 0.15) is 25.7 Å². The zero-order chi connectivity index (χ0) is 15.1. The maximum Gasteiger partial charge on any atom is 0.296 e. The van der Waals surface area contributed by atoms with Gasteiger partial charge in [-0.15, -0.1) is 0 Å². The Morgan fingerprint density at radius 2 is 1.62 bits per heavy atom. The molecule has 1 aliphatic carbocycles. The van der Waals surface area contributed by atoms with Gasteiger partial charge in [0.05, 0.1) is 24.4 Å². The summed E-state index contributed by atoms with van der Waals surface area (Å²) in [4.78, 5) is 0.220. The standard InChI is InChI=1S/C16H22O4S/c1-2-19-12-14-8-10-15(11-9-14)13-20-21(17,18)16-6-4-3-5-7-16/h2-7,14-15H,1,8-13H2. The SMILES string of the molecule is C=COCC1CCC(COS(=O)(=O)c2ccccc2)CC1. The van der Waals surface area contributed by atoms with Crippen molar-refractivity contribution in [1.82, 2.24) is 0 Å². The third kappa shape index (κ3) is 4.86. The molecule has 0 spiro atoms. The van der Waals surface area contributed by atoms with Crippen LogP contribution in [0.15, 0.2) is 48.1 Å². The van der Waals surface area contributed by atoms with Crippen molar-refractivity contribution in [3.05, 3.63) is 43.2 Å². The van der Waals surface area contributed by atoms with E-state index < -0.39 is 10.1 Å². The summed E-state index contributed by atoms with van der Waals surface area (Å²) in [6.45, 7) is 4.51. The lowest BCUT2D eigenvalue weighted by atomic mass is 9.83. The van der Waals surface area contributed by atoms with Crippen molar-refractivity contribution in [3.63, 3.8) is 0 Å². The van der Waals surface area contributed by atoms with Gasteiger partial charge >= 0.3 is 0 Å². The van der Waals surface area contributed by atoms with Gasteiger partial charge in [0.1, 0.15) is 0 Å². The van der Waals surface area contributed by atoms with Crippen molar-refractivity contribution in [2.45, 2.75) is 30.6 Å². The Morgan fingerprint density at radius 3 is 2.19 bits per heavy atom. The van der Waals surface area contributed by atoms with Gasteiger partial charge < -0.3 is 4.74 Å². The van der Waals surface area contributed by atoms with Crippen molar-refractivity contribution in [2.75, 3.05) is 13.2 Å². The van der Waals surface area contributed by atoms with E-state index in [0.29, 0.717) is 18.4 Å². The Kier molecular flexibility index (Phi) is 5.82. The summed E-state index contributed by atoms with van der Waals surface area (Å²) in [6, 6.07) is 8.28. The van der Waals surface area contributed by atoms with Crippen LogP contribution in [0.4, 0.5) is 0 Å². The molecular weight excluding hydrogens is 288 g/mol. The summed E-state index contributed by atoms with van der Waals surface area (Å²) in [6.07, 6.45) is 5.53. The van der Waals surface area contributed by atoms with Crippen molar-refractivity contribution < 1.29 is 17.3 Å². The third-order valence-electron chi connectivity index (χ3n) is 3.91. The normalized spacial score (nSPS) is 22.7. The number of benzene rings is 1. The minimum absolute atomic E-state index is 0.220. The Morgan fingerprint density at radius 1 is 1.05 bits per heavy atom. The fraction of sp³-hybridized carbons (Fsp3) is 0.500. The molecule has 1 saturated carbocycles. The molecule has 0 unspecified atom stereocenters. The second-order valence-electron chi connectivity index (χ2n) is 5.44. The van der Waals surface area contributed by atoms with Crippen molar-refractivity contribution >= 4 is 10.1 Å². The Hall–Kier alpha value is -1.33. The first-order valence-corrected chi connectivity index (χ1v) is 8.69. The topological polar surface area (TPSA) is 52.6 Å². The lowest BCUT2D eigenvalue weighted by Gasteiger charge is -2.27. The molecule has 4 nitrogen and oxygen atoms in total. The zero-order valence-electron chi connectivity index (χ0n) is 12.1. The van der Waals surface area contributed by atoms with Crippen LogP contribution in [0.2, 0.25) is 0 Å². The molecule has 1 aromatic rings. The van der Waals surface area contributed by atoms with Crippen LogP contribution in [-0.4, -0.2) is 21.6 Å². The lowest BCUT2D eigenvalue weighted by molar-refractivity contribution is 0.129. The van der Waals surface area contributed by atoms with Gasteiger partial charge in [0.2, 0.25) is 0 Å². The van der Waals surface area contributed by atoms with Crippen molar-refractivity contribution in [3.8, 4) is 0 Å². The fourth-order valence-corrected chi connectivity index (χ4v) is 3.61. The lowest BCUT2D eigenvalue weighted by Crippen LogP contribution is -2.22. The summed E-state index contributed by atoms with van der Waals surface area (Å²) in [5.74, 6) is 0.855. The summed E-state index contributed by atoms with van der Waals surface area (Å²) >= 11 is 0. The average molecular weight is 310 g/mol. The van der Waals surface area contributed by atoms with E-state index in [-0.39, 0.29) is 11.5 Å². The van der Waals surface area contributed by atoms with Crippen LogP contribution in [0.25, 0.3) is 0 Å². The molecule has 0 amide bonds. The molecule has 0 bridgehead atoms. The highest BCUT2D eigenvalue weighted by molar-refractivity contribution is 7.86. The largest absolute Gasteiger partial charge is 0.502 e. The van der Waals surface area contributed by atoms with Crippen LogP contribution in [0, 0.1) is 11.8 Å². The van der Waals surface area contributed by atoms with Gasteiger partial charge in [-0.05, 0) is 49.7 Å². The predicted molar refractivity (Wildman–Crippen MR) is 81.2 cm³/mol. The molecule has 0 atom stereocenters. The van der Waals surface area contributed by atoms with E-state index in [2.05, 4.69) is 6.58 Å². The summed E-state index contributed by atoms with van der Waals surface area (Å²) in [5.41, 5.74) is 0. The molecule has 0 N–H and O–H groups in total. The zero-order valence-corrected chi connectivity index (χ0v) is 12.9. The minimum atomic E-state index is -3.63. The second-order valence-corrected chi connectivity index (χ2v) is 7.05. The minimum Gasteiger partial charge on any atom is -0.502 e. The Labute approximate surface area is 126 Å². The molecule has 116 valence electrons.